The van der Waals surface area contributed by atoms with Crippen LogP contribution >= 0.6 is 0 Å². The molecule has 28 heavy (non-hydrogen) atoms. The van der Waals surface area contributed by atoms with Gasteiger partial charge < -0.3 is 14.2 Å². The normalized spacial score (nSPS) is 14.2. The summed E-state index contributed by atoms with van der Waals surface area (Å²) in [6.07, 6.45) is 1.94. The number of imidazole rings is 1. The predicted molar refractivity (Wildman–Crippen MR) is 109 cm³/mol. The van der Waals surface area contributed by atoms with Crippen molar-refractivity contribution >= 4 is 22.8 Å². The Kier molecular flexibility index (Phi) is 4.70. The fraction of sp³-hybridized carbons (Fsp3) is 0.450. The summed E-state index contributed by atoms with van der Waals surface area (Å²) in [4.78, 5) is 32.4. The maximum absolute atomic E-state index is 13.0. The molecule has 0 bridgehead atoms. The number of anilines is 2. The topological polar surface area (TPSA) is 74.3 Å². The lowest BCUT2D eigenvalue weighted by molar-refractivity contribution is 0.340. The number of benzene rings is 1. The van der Waals surface area contributed by atoms with Gasteiger partial charge in [0.2, 0.25) is 5.95 Å². The largest absolute Gasteiger partial charge is 0.494 e. The number of hydrogen-bond donors (Lipinski definition) is 0. The number of fused-ring (bicyclic) bond motifs is 3. The lowest BCUT2D eigenvalue weighted by Crippen LogP contribution is -2.39. The lowest BCUT2D eigenvalue weighted by Gasteiger charge is -2.22. The molecule has 4 rings (SSSR count). The van der Waals surface area contributed by atoms with Gasteiger partial charge in [-0.2, -0.15) is 4.98 Å². The van der Waals surface area contributed by atoms with E-state index in [2.05, 4.69) is 4.90 Å². The van der Waals surface area contributed by atoms with E-state index in [1.165, 1.54) is 9.13 Å². The van der Waals surface area contributed by atoms with Gasteiger partial charge in [-0.05, 0) is 51.0 Å². The van der Waals surface area contributed by atoms with Crippen molar-refractivity contribution in [1.29, 1.82) is 0 Å². The van der Waals surface area contributed by atoms with Crippen LogP contribution in [-0.2, 0) is 20.1 Å². The fourth-order valence-corrected chi connectivity index (χ4v) is 3.83. The zero-order valence-corrected chi connectivity index (χ0v) is 16.5. The van der Waals surface area contributed by atoms with E-state index in [0.29, 0.717) is 36.8 Å². The second-order valence-corrected chi connectivity index (χ2v) is 6.91. The number of rotatable bonds is 4. The van der Waals surface area contributed by atoms with Gasteiger partial charge in [-0.25, -0.2) is 4.79 Å². The molecule has 0 radical (unpaired) electrons. The molecule has 0 fully saturated rings. The van der Waals surface area contributed by atoms with E-state index in [4.69, 9.17) is 9.72 Å². The van der Waals surface area contributed by atoms with Crippen molar-refractivity contribution in [3.8, 4) is 5.75 Å². The highest BCUT2D eigenvalue weighted by molar-refractivity contribution is 5.76. The lowest BCUT2D eigenvalue weighted by atomic mass is 10.2. The molecule has 3 heterocycles. The van der Waals surface area contributed by atoms with Crippen molar-refractivity contribution in [2.45, 2.75) is 39.8 Å². The third-order valence-electron chi connectivity index (χ3n) is 5.24. The van der Waals surface area contributed by atoms with Crippen LogP contribution < -0.4 is 20.9 Å². The van der Waals surface area contributed by atoms with Gasteiger partial charge in [-0.3, -0.25) is 13.9 Å². The molecule has 0 spiro atoms. The summed E-state index contributed by atoms with van der Waals surface area (Å²) < 4.78 is 10.2. The zero-order valence-electron chi connectivity index (χ0n) is 16.5. The van der Waals surface area contributed by atoms with Crippen molar-refractivity contribution in [2.75, 3.05) is 18.1 Å². The summed E-state index contributed by atoms with van der Waals surface area (Å²) in [5, 5.41) is 0. The van der Waals surface area contributed by atoms with Gasteiger partial charge in [0.25, 0.3) is 5.56 Å². The van der Waals surface area contributed by atoms with Gasteiger partial charge in [0.15, 0.2) is 11.2 Å². The quantitative estimate of drug-likeness (QED) is 0.691. The van der Waals surface area contributed by atoms with Gasteiger partial charge in [0.1, 0.15) is 5.75 Å². The summed E-state index contributed by atoms with van der Waals surface area (Å²) in [5.41, 5.74) is 1.32. The van der Waals surface area contributed by atoms with Gasteiger partial charge in [-0.15, -0.1) is 0 Å². The number of ether oxygens (including phenoxy) is 1. The van der Waals surface area contributed by atoms with E-state index in [1.54, 1.807) is 14.0 Å². The van der Waals surface area contributed by atoms with E-state index in [9.17, 15) is 9.59 Å². The summed E-state index contributed by atoms with van der Waals surface area (Å²) >= 11 is 0. The van der Waals surface area contributed by atoms with Gasteiger partial charge in [-0.1, -0.05) is 0 Å². The average molecular weight is 383 g/mol. The molecule has 2 aromatic heterocycles. The third-order valence-corrected chi connectivity index (χ3v) is 5.24. The van der Waals surface area contributed by atoms with Crippen molar-refractivity contribution in [1.82, 2.24) is 18.7 Å². The van der Waals surface area contributed by atoms with Gasteiger partial charge in [0, 0.05) is 32.4 Å². The second kappa shape index (κ2) is 7.18. The van der Waals surface area contributed by atoms with Crippen LogP contribution in [0.5, 0.6) is 5.75 Å². The Morgan fingerprint density at radius 1 is 1.07 bits per heavy atom. The van der Waals surface area contributed by atoms with Crippen LogP contribution in [0.4, 0.5) is 11.6 Å². The molecule has 8 nitrogen and oxygen atoms in total. The molecule has 0 N–H and O–H groups in total. The highest BCUT2D eigenvalue weighted by Crippen LogP contribution is 2.31. The Bertz CT molecular complexity index is 1120. The van der Waals surface area contributed by atoms with E-state index < -0.39 is 0 Å². The fourth-order valence-electron chi connectivity index (χ4n) is 3.83. The molecule has 0 saturated heterocycles. The monoisotopic (exact) mass is 383 g/mol. The van der Waals surface area contributed by atoms with Crippen LogP contribution in [0.2, 0.25) is 0 Å². The van der Waals surface area contributed by atoms with E-state index in [-0.39, 0.29) is 11.2 Å². The molecular formula is C20H25N5O3. The Morgan fingerprint density at radius 3 is 2.46 bits per heavy atom. The smallest absolute Gasteiger partial charge is 0.332 e. The third kappa shape index (κ3) is 2.80. The zero-order chi connectivity index (χ0) is 19.8. The molecule has 0 unspecified atom stereocenters. The first-order valence-corrected chi connectivity index (χ1v) is 9.77. The van der Waals surface area contributed by atoms with E-state index in [1.807, 2.05) is 35.8 Å². The van der Waals surface area contributed by atoms with E-state index >= 15 is 0 Å². The molecule has 1 aromatic carbocycles. The number of nitrogens with zero attached hydrogens (tertiary/aromatic N) is 5. The number of hydrogen-bond acceptors (Lipinski definition) is 5. The van der Waals surface area contributed by atoms with Crippen molar-refractivity contribution in [3.63, 3.8) is 0 Å². The minimum atomic E-state index is -0.333. The molecular weight excluding hydrogens is 358 g/mol. The first kappa shape index (κ1) is 18.3. The van der Waals surface area contributed by atoms with Crippen LogP contribution in [0, 0.1) is 0 Å². The highest BCUT2D eigenvalue weighted by Gasteiger charge is 2.25. The molecule has 3 aromatic rings. The van der Waals surface area contributed by atoms with Gasteiger partial charge in [0.05, 0.1) is 6.61 Å². The van der Waals surface area contributed by atoms with E-state index in [0.717, 1.165) is 30.8 Å². The van der Waals surface area contributed by atoms with Crippen molar-refractivity contribution in [3.05, 3.63) is 45.1 Å². The maximum Gasteiger partial charge on any atom is 0.332 e. The predicted octanol–water partition coefficient (Wildman–Crippen LogP) is 2.25. The average Bonchev–Trinajstić information content (AvgIpc) is 2.95. The number of aromatic nitrogens is 4. The van der Waals surface area contributed by atoms with Gasteiger partial charge >= 0.3 is 5.69 Å². The number of aryl methyl sites for hydroxylation is 2. The maximum atomic E-state index is 13.0. The first-order valence-electron chi connectivity index (χ1n) is 9.77. The molecule has 0 atom stereocenters. The van der Waals surface area contributed by atoms with Crippen molar-refractivity contribution in [2.24, 2.45) is 7.05 Å². The summed E-state index contributed by atoms with van der Waals surface area (Å²) in [6, 6.07) is 7.89. The molecule has 8 heteroatoms. The summed E-state index contributed by atoms with van der Waals surface area (Å²) in [5.74, 6) is 1.53. The molecule has 0 amide bonds. The molecule has 1 aliphatic heterocycles. The second-order valence-electron chi connectivity index (χ2n) is 6.91. The summed E-state index contributed by atoms with van der Waals surface area (Å²) in [6.45, 7) is 6.23. The highest BCUT2D eigenvalue weighted by atomic mass is 16.5. The SMILES string of the molecule is CCOc1ccc(N2CCCCn3c2nc2c3c(=O)n(CC)c(=O)n2C)cc1. The summed E-state index contributed by atoms with van der Waals surface area (Å²) in [7, 11) is 1.67. The molecule has 0 aliphatic carbocycles. The molecule has 1 aliphatic rings. The Hall–Kier alpha value is -3.03. The Balaban J connectivity index is 1.92. The minimum absolute atomic E-state index is 0.270. The Labute approximate surface area is 162 Å². The Morgan fingerprint density at radius 2 is 1.79 bits per heavy atom. The molecule has 0 saturated carbocycles. The van der Waals surface area contributed by atoms with Crippen LogP contribution in [0.25, 0.3) is 11.2 Å². The van der Waals surface area contributed by atoms with Crippen LogP contribution in [0.3, 0.4) is 0 Å². The van der Waals surface area contributed by atoms with Crippen LogP contribution in [0.1, 0.15) is 26.7 Å². The van der Waals surface area contributed by atoms with Crippen LogP contribution in [-0.4, -0.2) is 31.8 Å². The minimum Gasteiger partial charge on any atom is -0.494 e. The van der Waals surface area contributed by atoms with Crippen molar-refractivity contribution < 1.29 is 4.74 Å². The standard InChI is InChI=1S/C20H25N5O3/c1-4-23-18(26)16-17(22(3)20(23)27)21-19-24(12-6-7-13-25(16)19)14-8-10-15(11-9-14)28-5-2/h8-11H,4-7,12-13H2,1-3H3. The molecule has 148 valence electrons. The van der Waals surface area contributed by atoms with Crippen LogP contribution in [0.15, 0.2) is 33.9 Å². The first-order chi connectivity index (χ1) is 13.6.